The van der Waals surface area contributed by atoms with Crippen LogP contribution < -0.4 is 0 Å². The summed E-state index contributed by atoms with van der Waals surface area (Å²) in [6.07, 6.45) is -3.68. The number of benzene rings is 1. The van der Waals surface area contributed by atoms with Crippen molar-refractivity contribution in [2.45, 2.75) is 50.5 Å². The molecule has 0 spiro atoms. The largest absolute Gasteiger partial charge is 0.394 e. The van der Waals surface area contributed by atoms with Crippen LogP contribution in [0.3, 0.4) is 0 Å². The molecule has 6 nitrogen and oxygen atoms in total. The minimum Gasteiger partial charge on any atom is -0.394 e. The number of aliphatic hydroxyl groups is 4. The molecule has 0 bridgehead atoms. The molecule has 0 radical (unpaired) electrons. The van der Waals surface area contributed by atoms with Gasteiger partial charge >= 0.3 is 0 Å². The smallest absolute Gasteiger partial charge is 0.109 e. The number of hydrogen-bond acceptors (Lipinski definition) is 6. The van der Waals surface area contributed by atoms with Crippen molar-refractivity contribution >= 4 is 0 Å². The third kappa shape index (κ3) is 4.97. The minimum atomic E-state index is -1.09. The second kappa shape index (κ2) is 8.73. The highest BCUT2D eigenvalue weighted by molar-refractivity contribution is 5.13. The Kier molecular flexibility index (Phi) is 6.95. The highest BCUT2D eigenvalue weighted by atomic mass is 16.5. The van der Waals surface area contributed by atoms with Gasteiger partial charge in [0.25, 0.3) is 0 Å². The van der Waals surface area contributed by atoms with Gasteiger partial charge in [-0.2, -0.15) is 0 Å². The minimum absolute atomic E-state index is 0.00613. The van der Waals surface area contributed by atoms with Crippen LogP contribution in [0.2, 0.25) is 0 Å². The first kappa shape index (κ1) is 18.3. The van der Waals surface area contributed by atoms with E-state index in [1.165, 1.54) is 0 Å². The summed E-state index contributed by atoms with van der Waals surface area (Å²) < 4.78 is 11.2. The van der Waals surface area contributed by atoms with Gasteiger partial charge in [0.05, 0.1) is 32.0 Å². The zero-order valence-electron chi connectivity index (χ0n) is 13.3. The summed E-state index contributed by atoms with van der Waals surface area (Å²) in [6, 6.07) is 9.65. The van der Waals surface area contributed by atoms with Crippen molar-refractivity contribution in [3.05, 3.63) is 35.9 Å². The third-order valence-corrected chi connectivity index (χ3v) is 4.23. The van der Waals surface area contributed by atoms with Crippen LogP contribution in [0, 0.1) is 5.92 Å². The summed E-state index contributed by atoms with van der Waals surface area (Å²) in [4.78, 5) is 0. The summed E-state index contributed by atoms with van der Waals surface area (Å²) in [5.74, 6) is -0.00613. The molecule has 1 aliphatic rings. The van der Waals surface area contributed by atoms with Crippen LogP contribution in [-0.2, 0) is 16.1 Å². The van der Waals surface area contributed by atoms with E-state index in [1.54, 1.807) is 0 Å². The summed E-state index contributed by atoms with van der Waals surface area (Å²) in [5.41, 5.74) is 1.01. The van der Waals surface area contributed by atoms with Crippen molar-refractivity contribution in [1.29, 1.82) is 0 Å². The first-order valence-electron chi connectivity index (χ1n) is 7.95. The van der Waals surface area contributed by atoms with Crippen LogP contribution in [0.1, 0.15) is 18.9 Å². The van der Waals surface area contributed by atoms with E-state index in [9.17, 15) is 15.3 Å². The second-order valence-electron chi connectivity index (χ2n) is 6.16. The van der Waals surface area contributed by atoms with E-state index < -0.39 is 37.1 Å². The maximum absolute atomic E-state index is 10.3. The molecule has 1 fully saturated rings. The van der Waals surface area contributed by atoms with Gasteiger partial charge in [-0.15, -0.1) is 0 Å². The van der Waals surface area contributed by atoms with Gasteiger partial charge in [0, 0.05) is 0 Å². The topological polar surface area (TPSA) is 99.4 Å². The molecule has 0 amide bonds. The monoisotopic (exact) mass is 326 g/mol. The summed E-state index contributed by atoms with van der Waals surface area (Å²) >= 11 is 0. The lowest BCUT2D eigenvalue weighted by Crippen LogP contribution is -2.55. The van der Waals surface area contributed by atoms with Crippen LogP contribution >= 0.6 is 0 Å². The van der Waals surface area contributed by atoms with Crippen molar-refractivity contribution < 1.29 is 29.9 Å². The SMILES string of the molecule is C[C@@H]1C[C@@H](OC[C@H](O)CO)[C@@H](O)[C@H](O)[C@@H]1OCc1ccccc1. The average molecular weight is 326 g/mol. The molecule has 4 N–H and O–H groups in total. The molecule has 0 aliphatic heterocycles. The second-order valence-corrected chi connectivity index (χ2v) is 6.16. The highest BCUT2D eigenvalue weighted by Gasteiger charge is 2.43. The van der Waals surface area contributed by atoms with Crippen LogP contribution in [-0.4, -0.2) is 64.2 Å². The highest BCUT2D eigenvalue weighted by Crippen LogP contribution is 2.30. The zero-order chi connectivity index (χ0) is 16.8. The average Bonchev–Trinajstić information content (AvgIpc) is 2.57. The molecule has 1 aromatic rings. The lowest BCUT2D eigenvalue weighted by molar-refractivity contribution is -0.193. The summed E-state index contributed by atoms with van der Waals surface area (Å²) in [5, 5.41) is 38.6. The summed E-state index contributed by atoms with van der Waals surface area (Å²) in [6.45, 7) is 1.83. The van der Waals surface area contributed by atoms with E-state index in [0.717, 1.165) is 5.56 Å². The predicted molar refractivity (Wildman–Crippen MR) is 83.6 cm³/mol. The van der Waals surface area contributed by atoms with Crippen molar-refractivity contribution in [1.82, 2.24) is 0 Å². The molecule has 6 atom stereocenters. The molecule has 1 aliphatic carbocycles. The fraction of sp³-hybridized carbons (Fsp3) is 0.647. The Morgan fingerprint density at radius 1 is 1.13 bits per heavy atom. The molecule has 1 saturated carbocycles. The molecule has 0 unspecified atom stereocenters. The van der Waals surface area contributed by atoms with E-state index in [0.29, 0.717) is 13.0 Å². The van der Waals surface area contributed by atoms with Gasteiger partial charge in [-0.25, -0.2) is 0 Å². The summed E-state index contributed by atoms with van der Waals surface area (Å²) in [7, 11) is 0. The molecule has 130 valence electrons. The molecule has 2 rings (SSSR count). The Morgan fingerprint density at radius 2 is 1.83 bits per heavy atom. The van der Waals surface area contributed by atoms with Gasteiger partial charge in [-0.05, 0) is 17.9 Å². The maximum atomic E-state index is 10.3. The fourth-order valence-electron chi connectivity index (χ4n) is 2.87. The normalized spacial score (nSPS) is 32.7. The van der Waals surface area contributed by atoms with Crippen molar-refractivity contribution in [3.8, 4) is 0 Å². The van der Waals surface area contributed by atoms with Crippen LogP contribution in [0.4, 0.5) is 0 Å². The molecule has 6 heteroatoms. The van der Waals surface area contributed by atoms with Gasteiger partial charge in [-0.1, -0.05) is 37.3 Å². The molecule has 1 aromatic carbocycles. The quantitative estimate of drug-likeness (QED) is 0.566. The Morgan fingerprint density at radius 3 is 2.48 bits per heavy atom. The fourth-order valence-corrected chi connectivity index (χ4v) is 2.87. The van der Waals surface area contributed by atoms with E-state index in [2.05, 4.69) is 0 Å². The van der Waals surface area contributed by atoms with Gasteiger partial charge in [0.15, 0.2) is 0 Å². The van der Waals surface area contributed by atoms with Gasteiger partial charge < -0.3 is 29.9 Å². The van der Waals surface area contributed by atoms with Crippen molar-refractivity contribution in [3.63, 3.8) is 0 Å². The van der Waals surface area contributed by atoms with Crippen LogP contribution in [0.5, 0.6) is 0 Å². The van der Waals surface area contributed by atoms with Crippen LogP contribution in [0.15, 0.2) is 30.3 Å². The lowest BCUT2D eigenvalue weighted by Gasteiger charge is -2.41. The standard InChI is InChI=1S/C17H26O6/c1-11-7-14(22-10-13(19)8-18)15(20)16(21)17(11)23-9-12-5-3-2-4-6-12/h2-6,11,13-21H,7-10H2,1H3/t11-,13-,14-,15-,16+,17-/m1/s1. The zero-order valence-corrected chi connectivity index (χ0v) is 13.3. The molecule has 0 heterocycles. The van der Waals surface area contributed by atoms with Gasteiger partial charge in [0.2, 0.25) is 0 Å². The number of ether oxygens (including phenoxy) is 2. The van der Waals surface area contributed by atoms with Gasteiger partial charge in [-0.3, -0.25) is 0 Å². The molecule has 0 aromatic heterocycles. The number of rotatable bonds is 7. The first-order chi connectivity index (χ1) is 11.0. The Hall–Kier alpha value is -1.02. The first-order valence-corrected chi connectivity index (χ1v) is 7.95. The van der Waals surface area contributed by atoms with Crippen molar-refractivity contribution in [2.75, 3.05) is 13.2 Å². The Labute approximate surface area is 136 Å². The van der Waals surface area contributed by atoms with E-state index >= 15 is 0 Å². The lowest BCUT2D eigenvalue weighted by atomic mass is 9.81. The molecule has 23 heavy (non-hydrogen) atoms. The third-order valence-electron chi connectivity index (χ3n) is 4.23. The maximum Gasteiger partial charge on any atom is 0.109 e. The van der Waals surface area contributed by atoms with Gasteiger partial charge in [0.1, 0.15) is 18.3 Å². The molecule has 0 saturated heterocycles. The molecular formula is C17H26O6. The van der Waals surface area contributed by atoms with Crippen LogP contribution in [0.25, 0.3) is 0 Å². The Balaban J connectivity index is 1.89. The van der Waals surface area contributed by atoms with Crippen molar-refractivity contribution in [2.24, 2.45) is 5.92 Å². The predicted octanol–water partition coefficient (Wildman–Crippen LogP) is 0.0718. The Bertz CT molecular complexity index is 454. The van der Waals surface area contributed by atoms with E-state index in [-0.39, 0.29) is 12.5 Å². The number of hydrogen-bond donors (Lipinski definition) is 4. The van der Waals surface area contributed by atoms with E-state index in [1.807, 2.05) is 37.3 Å². The molecular weight excluding hydrogens is 300 g/mol. The van der Waals surface area contributed by atoms with E-state index in [4.69, 9.17) is 14.6 Å². The number of aliphatic hydroxyl groups excluding tert-OH is 4.